The van der Waals surface area contributed by atoms with Gasteiger partial charge in [0.1, 0.15) is 23.0 Å². The van der Waals surface area contributed by atoms with Gasteiger partial charge in [-0.25, -0.2) is 0 Å². The molecule has 0 radical (unpaired) electrons. The standard InChI is InChI=1S/C20H23Cl2NO5/c1-25-15-8-6-12(21)10-13(15)17(20(24)28-4)11-5-7-16(26-2)14(9-11)18(23)19(22)27-3/h5-10,17-19H,23H2,1-4H3. The van der Waals surface area contributed by atoms with Gasteiger partial charge in [0.25, 0.3) is 0 Å². The van der Waals surface area contributed by atoms with Crippen molar-refractivity contribution in [1.82, 2.24) is 0 Å². The van der Waals surface area contributed by atoms with Crippen LogP contribution in [0.5, 0.6) is 11.5 Å². The Bertz CT molecular complexity index is 830. The minimum absolute atomic E-state index is 0.468. The molecule has 3 atom stereocenters. The third-order valence-electron chi connectivity index (χ3n) is 4.39. The summed E-state index contributed by atoms with van der Waals surface area (Å²) in [6, 6.07) is 9.60. The van der Waals surface area contributed by atoms with E-state index in [1.807, 2.05) is 0 Å². The van der Waals surface area contributed by atoms with Gasteiger partial charge in [-0.1, -0.05) is 29.3 Å². The number of nitrogens with two attached hydrogens (primary N) is 1. The Morgan fingerprint density at radius 3 is 2.14 bits per heavy atom. The molecule has 0 aliphatic heterocycles. The fourth-order valence-corrected chi connectivity index (χ4v) is 3.29. The highest BCUT2D eigenvalue weighted by atomic mass is 35.5. The number of halogens is 2. The Balaban J connectivity index is 2.66. The van der Waals surface area contributed by atoms with Gasteiger partial charge in [0.05, 0.1) is 27.4 Å². The first-order valence-corrected chi connectivity index (χ1v) is 9.20. The fraction of sp³-hybridized carbons (Fsp3) is 0.350. The molecular weight excluding hydrogens is 405 g/mol. The maximum absolute atomic E-state index is 12.7. The molecule has 8 heteroatoms. The molecule has 6 nitrogen and oxygen atoms in total. The molecule has 0 aliphatic carbocycles. The molecular formula is C20H23Cl2NO5. The summed E-state index contributed by atoms with van der Waals surface area (Å²) < 4.78 is 21.0. The van der Waals surface area contributed by atoms with Crippen molar-refractivity contribution in [2.24, 2.45) is 5.73 Å². The van der Waals surface area contributed by atoms with E-state index in [4.69, 9.17) is 47.9 Å². The van der Waals surface area contributed by atoms with Gasteiger partial charge in [-0.05, 0) is 35.9 Å². The molecule has 2 aromatic rings. The first kappa shape index (κ1) is 22.3. The molecule has 0 fully saturated rings. The van der Waals surface area contributed by atoms with Gasteiger partial charge in [-0.2, -0.15) is 0 Å². The summed E-state index contributed by atoms with van der Waals surface area (Å²) >= 11 is 12.3. The molecule has 0 bridgehead atoms. The summed E-state index contributed by atoms with van der Waals surface area (Å²) in [5.41, 5.74) is 7.23. The van der Waals surface area contributed by atoms with Gasteiger partial charge >= 0.3 is 5.97 Å². The Morgan fingerprint density at radius 1 is 0.964 bits per heavy atom. The number of hydrogen-bond acceptors (Lipinski definition) is 6. The SMILES string of the molecule is COC(=O)C(c1ccc(OC)c(C(N)C(Cl)OC)c1)c1cc(Cl)ccc1OC. The van der Waals surface area contributed by atoms with Crippen molar-refractivity contribution in [2.45, 2.75) is 17.5 Å². The number of esters is 1. The quantitative estimate of drug-likeness (QED) is 0.508. The van der Waals surface area contributed by atoms with Gasteiger partial charge in [-0.3, -0.25) is 4.79 Å². The molecule has 0 saturated carbocycles. The number of methoxy groups -OCH3 is 4. The maximum atomic E-state index is 12.7. The van der Waals surface area contributed by atoms with E-state index in [-0.39, 0.29) is 0 Å². The van der Waals surface area contributed by atoms with Crippen LogP contribution >= 0.6 is 23.2 Å². The number of hydrogen-bond donors (Lipinski definition) is 1. The highest BCUT2D eigenvalue weighted by molar-refractivity contribution is 6.30. The maximum Gasteiger partial charge on any atom is 0.317 e. The van der Waals surface area contributed by atoms with Crippen molar-refractivity contribution in [3.63, 3.8) is 0 Å². The largest absolute Gasteiger partial charge is 0.496 e. The van der Waals surface area contributed by atoms with E-state index < -0.39 is 23.5 Å². The first-order valence-electron chi connectivity index (χ1n) is 8.39. The summed E-state index contributed by atoms with van der Waals surface area (Å²) in [4.78, 5) is 12.7. The summed E-state index contributed by atoms with van der Waals surface area (Å²) in [5, 5.41) is 0.468. The van der Waals surface area contributed by atoms with E-state index in [0.717, 1.165) is 0 Å². The van der Waals surface area contributed by atoms with Gasteiger partial charge < -0.3 is 24.7 Å². The predicted molar refractivity (Wildman–Crippen MR) is 108 cm³/mol. The topological polar surface area (TPSA) is 80.0 Å². The van der Waals surface area contributed by atoms with Crippen LogP contribution in [0.2, 0.25) is 5.02 Å². The van der Waals surface area contributed by atoms with Crippen LogP contribution in [0.15, 0.2) is 36.4 Å². The second-order valence-electron chi connectivity index (χ2n) is 5.96. The third kappa shape index (κ3) is 4.70. The molecule has 0 aliphatic rings. The zero-order chi connectivity index (χ0) is 20.8. The summed E-state index contributed by atoms with van der Waals surface area (Å²) in [5.74, 6) is -0.222. The van der Waals surface area contributed by atoms with Gasteiger partial charge in [0.2, 0.25) is 0 Å². The van der Waals surface area contributed by atoms with E-state index in [9.17, 15) is 4.79 Å². The number of ether oxygens (including phenoxy) is 4. The summed E-state index contributed by atoms with van der Waals surface area (Å²) in [6.07, 6.45) is 0. The van der Waals surface area contributed by atoms with Gasteiger partial charge in [-0.15, -0.1) is 0 Å². The van der Waals surface area contributed by atoms with Crippen LogP contribution in [0.25, 0.3) is 0 Å². The molecule has 0 heterocycles. The lowest BCUT2D eigenvalue weighted by molar-refractivity contribution is -0.141. The molecule has 0 saturated heterocycles. The molecule has 28 heavy (non-hydrogen) atoms. The van der Waals surface area contributed by atoms with Crippen molar-refractivity contribution in [3.8, 4) is 11.5 Å². The minimum atomic E-state index is -0.785. The zero-order valence-corrected chi connectivity index (χ0v) is 17.6. The van der Waals surface area contributed by atoms with Crippen LogP contribution < -0.4 is 15.2 Å². The highest BCUT2D eigenvalue weighted by Crippen LogP contribution is 2.38. The van der Waals surface area contributed by atoms with Crippen LogP contribution in [0, 0.1) is 0 Å². The van der Waals surface area contributed by atoms with Crippen LogP contribution in [0.3, 0.4) is 0 Å². The fourth-order valence-electron chi connectivity index (χ4n) is 2.97. The molecule has 2 rings (SSSR count). The van der Waals surface area contributed by atoms with Crippen molar-refractivity contribution in [1.29, 1.82) is 0 Å². The second kappa shape index (κ2) is 9.98. The highest BCUT2D eigenvalue weighted by Gasteiger charge is 2.29. The van der Waals surface area contributed by atoms with Crippen LogP contribution in [-0.2, 0) is 14.3 Å². The molecule has 0 spiro atoms. The molecule has 0 aromatic heterocycles. The average Bonchev–Trinajstić information content (AvgIpc) is 2.72. The lowest BCUT2D eigenvalue weighted by Crippen LogP contribution is -2.24. The average molecular weight is 428 g/mol. The predicted octanol–water partition coefficient (Wildman–Crippen LogP) is 3.87. The number of benzene rings is 2. The van der Waals surface area contributed by atoms with Crippen LogP contribution in [0.1, 0.15) is 28.7 Å². The second-order valence-corrected chi connectivity index (χ2v) is 6.82. The van der Waals surface area contributed by atoms with Gasteiger partial charge in [0, 0.05) is 23.3 Å². The van der Waals surface area contributed by atoms with Crippen molar-refractivity contribution in [3.05, 3.63) is 58.1 Å². The molecule has 2 N–H and O–H groups in total. The summed E-state index contributed by atoms with van der Waals surface area (Å²) in [7, 11) is 5.83. The van der Waals surface area contributed by atoms with Crippen LogP contribution in [0.4, 0.5) is 0 Å². The minimum Gasteiger partial charge on any atom is -0.496 e. The Kier molecular flexibility index (Phi) is 7.95. The zero-order valence-electron chi connectivity index (χ0n) is 16.1. The lowest BCUT2D eigenvalue weighted by Gasteiger charge is -2.23. The number of carbonyl (C=O) groups is 1. The Morgan fingerprint density at radius 2 is 1.57 bits per heavy atom. The van der Waals surface area contributed by atoms with Gasteiger partial charge in [0.15, 0.2) is 0 Å². The van der Waals surface area contributed by atoms with Crippen molar-refractivity contribution in [2.75, 3.05) is 28.4 Å². The van der Waals surface area contributed by atoms with Crippen molar-refractivity contribution < 1.29 is 23.7 Å². The first-order chi connectivity index (χ1) is 13.4. The Labute approximate surface area is 174 Å². The molecule has 3 unspecified atom stereocenters. The number of alkyl halides is 1. The van der Waals surface area contributed by atoms with E-state index in [0.29, 0.717) is 33.2 Å². The molecule has 0 amide bonds. The Hall–Kier alpha value is -1.99. The summed E-state index contributed by atoms with van der Waals surface area (Å²) in [6.45, 7) is 0. The number of rotatable bonds is 8. The number of carbonyl (C=O) groups excluding carboxylic acids is 1. The molecule has 152 valence electrons. The van der Waals surface area contributed by atoms with E-state index in [1.54, 1.807) is 36.4 Å². The van der Waals surface area contributed by atoms with Crippen molar-refractivity contribution >= 4 is 29.2 Å². The van der Waals surface area contributed by atoms with E-state index in [2.05, 4.69) is 0 Å². The monoisotopic (exact) mass is 427 g/mol. The molecule has 2 aromatic carbocycles. The smallest absolute Gasteiger partial charge is 0.317 e. The third-order valence-corrected chi connectivity index (χ3v) is 5.08. The normalized spacial score (nSPS) is 14.1. The van der Waals surface area contributed by atoms with E-state index >= 15 is 0 Å². The van der Waals surface area contributed by atoms with Crippen LogP contribution in [-0.4, -0.2) is 40.0 Å². The van der Waals surface area contributed by atoms with E-state index in [1.165, 1.54) is 28.4 Å². The lowest BCUT2D eigenvalue weighted by atomic mass is 9.88.